The number of methoxy groups -OCH3 is 1. The van der Waals surface area contributed by atoms with Crippen molar-refractivity contribution in [2.75, 3.05) is 7.11 Å². The molecule has 0 spiro atoms. The fraction of sp³-hybridized carbons (Fsp3) is 0.522. The molecule has 0 saturated carbocycles. The van der Waals surface area contributed by atoms with Crippen molar-refractivity contribution in [1.29, 1.82) is 0 Å². The van der Waals surface area contributed by atoms with Crippen LogP contribution >= 0.6 is 0 Å². The Bertz CT molecular complexity index is 546. The van der Waals surface area contributed by atoms with E-state index in [0.29, 0.717) is 19.3 Å². The molecule has 0 rings (SSSR count). The van der Waals surface area contributed by atoms with Gasteiger partial charge in [-0.1, -0.05) is 74.1 Å². The summed E-state index contributed by atoms with van der Waals surface area (Å²) < 4.78 is 4.56. The van der Waals surface area contributed by atoms with Crippen LogP contribution in [-0.4, -0.2) is 35.5 Å². The number of allylic oxidation sites excluding steroid dienone is 6. The number of esters is 1. The number of carbonyl (C=O) groups excluding carboxylic acids is 1. The second kappa shape index (κ2) is 18.7. The van der Waals surface area contributed by atoms with Gasteiger partial charge < -0.3 is 14.9 Å². The van der Waals surface area contributed by atoms with E-state index < -0.39 is 12.2 Å². The average Bonchev–Trinajstić information content (AvgIpc) is 2.66. The van der Waals surface area contributed by atoms with Crippen molar-refractivity contribution in [1.82, 2.24) is 0 Å². The van der Waals surface area contributed by atoms with Crippen LogP contribution in [0.15, 0.2) is 48.6 Å². The molecule has 2 atom stereocenters. The molecule has 0 aliphatic rings. The van der Waals surface area contributed by atoms with Crippen LogP contribution in [0.3, 0.4) is 0 Å². The van der Waals surface area contributed by atoms with E-state index in [0.717, 1.165) is 32.1 Å². The number of rotatable bonds is 13. The summed E-state index contributed by atoms with van der Waals surface area (Å²) in [6, 6.07) is 0. The number of aliphatic hydroxyl groups excluding tert-OH is 2. The molecule has 4 nitrogen and oxygen atoms in total. The Morgan fingerprint density at radius 2 is 1.89 bits per heavy atom. The molecular weight excluding hydrogens is 340 g/mol. The van der Waals surface area contributed by atoms with Crippen molar-refractivity contribution in [2.45, 2.75) is 70.5 Å². The minimum atomic E-state index is -0.560. The standard InChI is InChI=1S/C23H34O4/c1-3-4-11-16-21(24)18-13-9-10-14-19-22(25)17-12-7-5-6-8-15-20-23(26)27-2/h6-10,12,14,19,21-22,24-25H,3-5,11,15-17,20H2,1-2H3/b8-6-,10-9+,12-7-,19-14+/t21-,22+/m1/s1. The predicted octanol–water partition coefficient (Wildman–Crippen LogP) is 4.25. The highest BCUT2D eigenvalue weighted by Gasteiger charge is 1.97. The Kier molecular flexibility index (Phi) is 17.2. The highest BCUT2D eigenvalue weighted by atomic mass is 16.5. The number of hydrogen-bond acceptors (Lipinski definition) is 4. The van der Waals surface area contributed by atoms with Gasteiger partial charge in [-0.05, 0) is 38.2 Å². The van der Waals surface area contributed by atoms with Crippen molar-refractivity contribution >= 4 is 5.97 Å². The maximum Gasteiger partial charge on any atom is 0.305 e. The SMILES string of the molecule is CCCCC[C@@H](O)C#C/C=C/C=C/[C@@H](O)C/C=C\C/C=C\CCC(=O)OC. The van der Waals surface area contributed by atoms with E-state index in [2.05, 4.69) is 23.5 Å². The van der Waals surface area contributed by atoms with Crippen LogP contribution < -0.4 is 0 Å². The minimum Gasteiger partial charge on any atom is -0.469 e. The first kappa shape index (κ1) is 24.9. The Morgan fingerprint density at radius 3 is 2.63 bits per heavy atom. The Morgan fingerprint density at radius 1 is 1.11 bits per heavy atom. The van der Waals surface area contributed by atoms with E-state index in [1.54, 1.807) is 24.3 Å². The molecule has 0 fully saturated rings. The molecule has 0 aliphatic carbocycles. The zero-order valence-corrected chi connectivity index (χ0v) is 16.6. The molecule has 0 aromatic heterocycles. The van der Waals surface area contributed by atoms with Gasteiger partial charge in [0.25, 0.3) is 0 Å². The van der Waals surface area contributed by atoms with Gasteiger partial charge >= 0.3 is 5.97 Å². The molecule has 27 heavy (non-hydrogen) atoms. The normalized spacial score (nSPS) is 14.1. The lowest BCUT2D eigenvalue weighted by Crippen LogP contribution is -2.01. The van der Waals surface area contributed by atoms with Gasteiger partial charge in [0, 0.05) is 6.42 Å². The smallest absolute Gasteiger partial charge is 0.305 e. The number of aliphatic hydroxyl groups is 2. The first-order valence-electron chi connectivity index (χ1n) is 9.67. The monoisotopic (exact) mass is 374 g/mol. The van der Waals surface area contributed by atoms with Crippen molar-refractivity contribution in [2.24, 2.45) is 0 Å². The third-order valence-corrected chi connectivity index (χ3v) is 3.68. The van der Waals surface area contributed by atoms with Crippen molar-refractivity contribution in [3.8, 4) is 11.8 Å². The lowest BCUT2D eigenvalue weighted by molar-refractivity contribution is -0.140. The van der Waals surface area contributed by atoms with Crippen LogP contribution in [-0.2, 0) is 9.53 Å². The summed E-state index contributed by atoms with van der Waals surface area (Å²) in [6.07, 6.45) is 20.0. The van der Waals surface area contributed by atoms with Gasteiger partial charge in [-0.25, -0.2) is 0 Å². The minimum absolute atomic E-state index is 0.201. The zero-order chi connectivity index (χ0) is 20.2. The van der Waals surface area contributed by atoms with Crippen LogP contribution in [0.25, 0.3) is 0 Å². The van der Waals surface area contributed by atoms with Gasteiger partial charge in [-0.15, -0.1) is 0 Å². The van der Waals surface area contributed by atoms with Gasteiger partial charge in [0.05, 0.1) is 13.2 Å². The van der Waals surface area contributed by atoms with Crippen molar-refractivity contribution < 1.29 is 19.7 Å². The van der Waals surface area contributed by atoms with E-state index in [4.69, 9.17) is 0 Å². The van der Waals surface area contributed by atoms with Crippen LogP contribution in [0, 0.1) is 11.8 Å². The van der Waals surface area contributed by atoms with Gasteiger partial charge in [0.15, 0.2) is 0 Å². The summed E-state index contributed by atoms with van der Waals surface area (Å²) >= 11 is 0. The highest BCUT2D eigenvalue weighted by molar-refractivity contribution is 5.69. The van der Waals surface area contributed by atoms with Gasteiger partial charge in [-0.2, -0.15) is 0 Å². The molecular formula is C23H34O4. The summed E-state index contributed by atoms with van der Waals surface area (Å²) in [5.74, 6) is 5.39. The summed E-state index contributed by atoms with van der Waals surface area (Å²) in [5.41, 5.74) is 0. The summed E-state index contributed by atoms with van der Waals surface area (Å²) in [4.78, 5) is 10.9. The maximum absolute atomic E-state index is 10.9. The topological polar surface area (TPSA) is 66.8 Å². The highest BCUT2D eigenvalue weighted by Crippen LogP contribution is 2.02. The van der Waals surface area contributed by atoms with Crippen molar-refractivity contribution in [3.63, 3.8) is 0 Å². The molecule has 0 aliphatic heterocycles. The molecule has 150 valence electrons. The second-order valence-corrected chi connectivity index (χ2v) is 6.14. The number of unbranched alkanes of at least 4 members (excludes halogenated alkanes) is 2. The number of ether oxygens (including phenoxy) is 1. The summed E-state index contributed by atoms with van der Waals surface area (Å²) in [5, 5.41) is 19.5. The Labute approximate surface area is 164 Å². The number of carbonyl (C=O) groups is 1. The zero-order valence-electron chi connectivity index (χ0n) is 16.6. The molecule has 0 radical (unpaired) electrons. The average molecular weight is 375 g/mol. The van der Waals surface area contributed by atoms with Gasteiger partial charge in [0.1, 0.15) is 6.10 Å². The lowest BCUT2D eigenvalue weighted by atomic mass is 10.1. The van der Waals surface area contributed by atoms with E-state index in [1.165, 1.54) is 7.11 Å². The first-order chi connectivity index (χ1) is 13.1. The van der Waals surface area contributed by atoms with E-state index in [9.17, 15) is 15.0 Å². The van der Waals surface area contributed by atoms with Crippen LogP contribution in [0.1, 0.15) is 58.3 Å². The van der Waals surface area contributed by atoms with Crippen LogP contribution in [0.5, 0.6) is 0 Å². The molecule has 0 amide bonds. The first-order valence-corrected chi connectivity index (χ1v) is 9.67. The molecule has 0 bridgehead atoms. The maximum atomic E-state index is 10.9. The fourth-order valence-corrected chi connectivity index (χ4v) is 2.11. The summed E-state index contributed by atoms with van der Waals surface area (Å²) in [7, 11) is 1.39. The molecule has 0 saturated heterocycles. The largest absolute Gasteiger partial charge is 0.469 e. The lowest BCUT2D eigenvalue weighted by Gasteiger charge is -2.00. The molecule has 2 N–H and O–H groups in total. The molecule has 0 aromatic rings. The summed E-state index contributed by atoms with van der Waals surface area (Å²) in [6.45, 7) is 2.13. The van der Waals surface area contributed by atoms with Crippen molar-refractivity contribution in [3.05, 3.63) is 48.6 Å². The quantitative estimate of drug-likeness (QED) is 0.166. The Balaban J connectivity index is 3.87. The van der Waals surface area contributed by atoms with Gasteiger partial charge in [-0.3, -0.25) is 4.79 Å². The molecule has 4 heteroatoms. The van der Waals surface area contributed by atoms with E-state index in [-0.39, 0.29) is 5.97 Å². The fourth-order valence-electron chi connectivity index (χ4n) is 2.11. The van der Waals surface area contributed by atoms with Crippen LogP contribution in [0.2, 0.25) is 0 Å². The van der Waals surface area contributed by atoms with Crippen LogP contribution in [0.4, 0.5) is 0 Å². The third kappa shape index (κ3) is 18.5. The van der Waals surface area contributed by atoms with E-state index in [1.807, 2.05) is 24.3 Å². The Hall–Kier alpha value is -2.09. The molecule has 0 heterocycles. The van der Waals surface area contributed by atoms with Gasteiger partial charge in [0.2, 0.25) is 0 Å². The predicted molar refractivity (Wildman–Crippen MR) is 111 cm³/mol. The second-order valence-electron chi connectivity index (χ2n) is 6.14. The number of hydrogen-bond donors (Lipinski definition) is 2. The molecule has 0 unspecified atom stereocenters. The molecule has 0 aromatic carbocycles. The third-order valence-electron chi connectivity index (χ3n) is 3.68. The van der Waals surface area contributed by atoms with E-state index >= 15 is 0 Å².